The molecule has 2 aromatic rings. The maximum atomic E-state index is 12.7. The highest BCUT2D eigenvalue weighted by Crippen LogP contribution is 2.29. The molecule has 0 aromatic heterocycles. The van der Waals surface area contributed by atoms with Gasteiger partial charge in [-0.15, -0.1) is 0 Å². The van der Waals surface area contributed by atoms with Crippen LogP contribution in [-0.4, -0.2) is 44.0 Å². The largest absolute Gasteiger partial charge is 0.484 e. The van der Waals surface area contributed by atoms with E-state index in [1.54, 1.807) is 20.2 Å². The van der Waals surface area contributed by atoms with Gasteiger partial charge < -0.3 is 20.3 Å². The molecule has 0 fully saturated rings. The summed E-state index contributed by atoms with van der Waals surface area (Å²) in [4.78, 5) is 17.6. The molecule has 0 saturated carbocycles. The van der Waals surface area contributed by atoms with Crippen LogP contribution in [-0.2, 0) is 24.1 Å². The van der Waals surface area contributed by atoms with Gasteiger partial charge in [-0.05, 0) is 42.3 Å². The molecule has 0 spiro atoms. The Morgan fingerprint density at radius 1 is 1.10 bits per heavy atom. The van der Waals surface area contributed by atoms with Crippen molar-refractivity contribution in [2.75, 3.05) is 27.2 Å². The molecule has 2 aromatic carbocycles. The number of nitrogens with zero attached hydrogens (tertiary/aromatic N) is 2. The second kappa shape index (κ2) is 11.2. The van der Waals surface area contributed by atoms with Gasteiger partial charge in [0, 0.05) is 33.7 Å². The molecule has 0 radical (unpaired) electrons. The fraction of sp³-hybridized carbons (Fsp3) is 0.364. The first-order valence-corrected chi connectivity index (χ1v) is 9.79. The van der Waals surface area contributed by atoms with Crippen molar-refractivity contribution in [3.05, 3.63) is 65.2 Å². The summed E-state index contributed by atoms with van der Waals surface area (Å²) < 4.78 is 43.6. The van der Waals surface area contributed by atoms with Crippen molar-refractivity contribution in [3.8, 4) is 5.75 Å². The van der Waals surface area contributed by atoms with E-state index in [0.717, 1.165) is 23.3 Å². The van der Waals surface area contributed by atoms with E-state index in [0.29, 0.717) is 31.3 Å². The quantitative estimate of drug-likeness (QED) is 0.492. The highest BCUT2D eigenvalue weighted by Gasteiger charge is 2.29. The summed E-state index contributed by atoms with van der Waals surface area (Å²) >= 11 is 0. The molecular weight excluding hydrogens is 409 g/mol. The molecule has 6 nitrogen and oxygen atoms in total. The van der Waals surface area contributed by atoms with Crippen molar-refractivity contribution in [1.82, 2.24) is 15.5 Å². The Kier molecular flexibility index (Phi) is 8.72. The van der Waals surface area contributed by atoms with E-state index in [9.17, 15) is 18.0 Å². The van der Waals surface area contributed by atoms with Crippen LogP contribution in [0.25, 0.3) is 0 Å². The molecule has 2 N–H and O–H groups in total. The van der Waals surface area contributed by atoms with Gasteiger partial charge in [-0.25, -0.2) is 0 Å². The molecule has 0 heterocycles. The topological polar surface area (TPSA) is 66.0 Å². The van der Waals surface area contributed by atoms with E-state index in [-0.39, 0.29) is 12.5 Å². The third-order valence-electron chi connectivity index (χ3n) is 4.37. The average molecular weight is 436 g/mol. The van der Waals surface area contributed by atoms with E-state index in [2.05, 4.69) is 15.6 Å². The van der Waals surface area contributed by atoms with Crippen LogP contribution in [0.15, 0.2) is 53.5 Å². The minimum Gasteiger partial charge on any atom is -0.484 e. The standard InChI is InChI=1S/C22H27F3N4O2/c1-4-27-20(30)15-31-19-7-5-6-17(12-19)13-28-21(26-2)29(3)14-16-8-10-18(11-9-16)22(23,24)25/h5-12H,4,13-15H2,1-3H3,(H,26,28)(H,27,30). The molecule has 0 bridgehead atoms. The zero-order valence-electron chi connectivity index (χ0n) is 17.8. The highest BCUT2D eigenvalue weighted by atomic mass is 19.4. The molecule has 0 unspecified atom stereocenters. The van der Waals surface area contributed by atoms with E-state index in [1.807, 2.05) is 30.0 Å². The lowest BCUT2D eigenvalue weighted by atomic mass is 10.1. The lowest BCUT2D eigenvalue weighted by Gasteiger charge is -2.22. The highest BCUT2D eigenvalue weighted by molar-refractivity contribution is 5.79. The SMILES string of the molecule is CCNC(=O)COc1cccc(CNC(=NC)N(C)Cc2ccc(C(F)(F)F)cc2)c1. The zero-order chi connectivity index (χ0) is 22.9. The number of halogens is 3. The van der Waals surface area contributed by atoms with Crippen LogP contribution in [0, 0.1) is 0 Å². The summed E-state index contributed by atoms with van der Waals surface area (Å²) in [5, 5.41) is 5.88. The van der Waals surface area contributed by atoms with E-state index < -0.39 is 11.7 Å². The van der Waals surface area contributed by atoms with Gasteiger partial charge in [0.15, 0.2) is 12.6 Å². The molecule has 9 heteroatoms. The molecule has 0 saturated heterocycles. The van der Waals surface area contributed by atoms with Crippen LogP contribution in [0.4, 0.5) is 13.2 Å². The molecule has 0 aliphatic rings. The van der Waals surface area contributed by atoms with Crippen molar-refractivity contribution >= 4 is 11.9 Å². The Bertz CT molecular complexity index is 883. The van der Waals surface area contributed by atoms with Crippen LogP contribution in [0.5, 0.6) is 5.75 Å². The van der Waals surface area contributed by atoms with Gasteiger partial charge in [0.1, 0.15) is 5.75 Å². The van der Waals surface area contributed by atoms with Crippen molar-refractivity contribution in [2.24, 2.45) is 4.99 Å². The third kappa shape index (κ3) is 7.84. The lowest BCUT2D eigenvalue weighted by molar-refractivity contribution is -0.137. The molecule has 31 heavy (non-hydrogen) atoms. The van der Waals surface area contributed by atoms with Crippen molar-refractivity contribution in [1.29, 1.82) is 0 Å². The Morgan fingerprint density at radius 2 is 1.81 bits per heavy atom. The fourth-order valence-electron chi connectivity index (χ4n) is 2.86. The zero-order valence-corrected chi connectivity index (χ0v) is 17.8. The van der Waals surface area contributed by atoms with Gasteiger partial charge in [0.25, 0.3) is 5.91 Å². The number of hydrogen-bond acceptors (Lipinski definition) is 3. The summed E-state index contributed by atoms with van der Waals surface area (Å²) in [6.45, 7) is 3.19. The predicted octanol–water partition coefficient (Wildman–Crippen LogP) is 3.43. The van der Waals surface area contributed by atoms with Gasteiger partial charge in [-0.2, -0.15) is 13.2 Å². The summed E-state index contributed by atoms with van der Waals surface area (Å²) in [6, 6.07) is 12.4. The van der Waals surface area contributed by atoms with Crippen LogP contribution in [0.1, 0.15) is 23.6 Å². The fourth-order valence-corrected chi connectivity index (χ4v) is 2.86. The van der Waals surface area contributed by atoms with Crippen LogP contribution >= 0.6 is 0 Å². The van der Waals surface area contributed by atoms with Gasteiger partial charge in [0.05, 0.1) is 5.56 Å². The van der Waals surface area contributed by atoms with E-state index in [1.165, 1.54) is 12.1 Å². The molecule has 0 aliphatic carbocycles. The molecular formula is C22H27F3N4O2. The van der Waals surface area contributed by atoms with E-state index in [4.69, 9.17) is 4.74 Å². The minimum atomic E-state index is -4.35. The number of alkyl halides is 3. The number of rotatable bonds is 8. The predicted molar refractivity (Wildman–Crippen MR) is 114 cm³/mol. The first-order valence-electron chi connectivity index (χ1n) is 9.79. The number of carbonyl (C=O) groups excluding carboxylic acids is 1. The van der Waals surface area contributed by atoms with Crippen LogP contribution in [0.3, 0.4) is 0 Å². The average Bonchev–Trinajstić information content (AvgIpc) is 2.73. The number of hydrogen-bond donors (Lipinski definition) is 2. The second-order valence-corrected chi connectivity index (χ2v) is 6.84. The summed E-state index contributed by atoms with van der Waals surface area (Å²) in [5.74, 6) is 0.989. The Balaban J connectivity index is 1.91. The third-order valence-corrected chi connectivity index (χ3v) is 4.37. The van der Waals surface area contributed by atoms with Crippen LogP contribution in [0.2, 0.25) is 0 Å². The smallest absolute Gasteiger partial charge is 0.416 e. The second-order valence-electron chi connectivity index (χ2n) is 6.84. The molecule has 2 rings (SSSR count). The Labute approximate surface area is 180 Å². The summed E-state index contributed by atoms with van der Waals surface area (Å²) in [5.41, 5.74) is 0.993. The summed E-state index contributed by atoms with van der Waals surface area (Å²) in [6.07, 6.45) is -4.35. The number of benzene rings is 2. The number of carbonyl (C=O) groups is 1. The Morgan fingerprint density at radius 3 is 2.42 bits per heavy atom. The number of ether oxygens (including phenoxy) is 1. The van der Waals surface area contributed by atoms with Gasteiger partial charge in [0.2, 0.25) is 0 Å². The first kappa shape index (κ1) is 24.0. The number of guanidine groups is 1. The lowest BCUT2D eigenvalue weighted by Crippen LogP contribution is -2.38. The first-order chi connectivity index (χ1) is 14.7. The van der Waals surface area contributed by atoms with Gasteiger partial charge >= 0.3 is 6.18 Å². The van der Waals surface area contributed by atoms with Gasteiger partial charge in [-0.1, -0.05) is 24.3 Å². The maximum absolute atomic E-state index is 12.7. The van der Waals surface area contributed by atoms with Crippen LogP contribution < -0.4 is 15.4 Å². The summed E-state index contributed by atoms with van der Waals surface area (Å²) in [7, 11) is 3.44. The normalized spacial score (nSPS) is 11.7. The minimum absolute atomic E-state index is 0.0533. The molecule has 0 aliphatic heterocycles. The number of likely N-dealkylation sites (N-methyl/N-ethyl adjacent to an activating group) is 1. The van der Waals surface area contributed by atoms with Crippen molar-refractivity contribution in [2.45, 2.75) is 26.2 Å². The molecule has 1 amide bonds. The maximum Gasteiger partial charge on any atom is 0.416 e. The van der Waals surface area contributed by atoms with Gasteiger partial charge in [-0.3, -0.25) is 9.79 Å². The Hall–Kier alpha value is -3.23. The number of aliphatic imine (C=N–C) groups is 1. The number of amides is 1. The van der Waals surface area contributed by atoms with Crippen molar-refractivity contribution in [3.63, 3.8) is 0 Å². The molecule has 168 valence electrons. The monoisotopic (exact) mass is 436 g/mol. The van der Waals surface area contributed by atoms with Crippen molar-refractivity contribution < 1.29 is 22.7 Å². The number of nitrogens with one attached hydrogen (secondary N) is 2. The molecule has 0 atom stereocenters. The van der Waals surface area contributed by atoms with E-state index >= 15 is 0 Å².